The molecule has 0 aromatic heterocycles. The maximum atomic E-state index is 14.0. The minimum Gasteiger partial charge on any atom is -0.434 e. The average Bonchev–Trinajstić information content (AvgIpc) is 3.20. The lowest BCUT2D eigenvalue weighted by molar-refractivity contribution is -0.173. The van der Waals surface area contributed by atoms with Crippen LogP contribution in [-0.4, -0.2) is 55.1 Å². The highest BCUT2D eigenvalue weighted by atomic mass is 16.7. The Morgan fingerprint density at radius 1 is 0.950 bits per heavy atom. The van der Waals surface area contributed by atoms with E-state index in [4.69, 9.17) is 18.9 Å². The normalized spacial score (nSPS) is 34.2. The smallest absolute Gasteiger partial charge is 0.434 e. The number of fused-ring (bicyclic) bond motifs is 5. The van der Waals surface area contributed by atoms with E-state index >= 15 is 0 Å². The van der Waals surface area contributed by atoms with Crippen LogP contribution in [-0.2, 0) is 33.3 Å². The minimum absolute atomic E-state index is 0.0156. The molecule has 3 saturated carbocycles. The van der Waals surface area contributed by atoms with E-state index in [1.807, 2.05) is 33.8 Å². The zero-order valence-corrected chi connectivity index (χ0v) is 24.1. The third-order valence-electron chi connectivity index (χ3n) is 9.80. The standard InChI is InChI=1S/C31H42O9/c1-5-7-8-16-38-28(36)40-31(25(34)19-39-27(35)37-15-6-2)14-12-23-22-10-9-20-17-21(32)11-13-29(20,3)26(22)24(33)18-30(23,31)4/h11,13,17,22-23,26H,5-10,12,14-16,18-19H2,1-4H3/t22-,23-,26+,29-,30-,31-/m0/s1. The van der Waals surface area contributed by atoms with Crippen molar-refractivity contribution in [2.75, 3.05) is 19.8 Å². The lowest BCUT2D eigenvalue weighted by Gasteiger charge is -2.57. The van der Waals surface area contributed by atoms with Crippen molar-refractivity contribution in [2.24, 2.45) is 28.6 Å². The van der Waals surface area contributed by atoms with Crippen LogP contribution in [0.2, 0.25) is 0 Å². The van der Waals surface area contributed by atoms with E-state index in [0.717, 1.165) is 18.4 Å². The highest BCUT2D eigenvalue weighted by Gasteiger charge is 2.70. The summed E-state index contributed by atoms with van der Waals surface area (Å²) >= 11 is 0. The molecule has 0 unspecified atom stereocenters. The lowest BCUT2D eigenvalue weighted by atomic mass is 9.46. The van der Waals surface area contributed by atoms with Gasteiger partial charge in [0, 0.05) is 23.2 Å². The van der Waals surface area contributed by atoms with E-state index < -0.39 is 41.1 Å². The van der Waals surface area contributed by atoms with Crippen molar-refractivity contribution >= 4 is 29.7 Å². The van der Waals surface area contributed by atoms with Gasteiger partial charge in [-0.3, -0.25) is 14.4 Å². The predicted octanol–water partition coefficient (Wildman–Crippen LogP) is 5.69. The molecular weight excluding hydrogens is 516 g/mol. The van der Waals surface area contributed by atoms with E-state index in [9.17, 15) is 24.0 Å². The molecule has 4 aliphatic rings. The van der Waals surface area contributed by atoms with E-state index in [1.165, 1.54) is 0 Å². The van der Waals surface area contributed by atoms with Gasteiger partial charge in [0.15, 0.2) is 18.0 Å². The van der Waals surface area contributed by atoms with Crippen LogP contribution in [0.5, 0.6) is 0 Å². The second-order valence-electron chi connectivity index (χ2n) is 12.1. The Kier molecular flexibility index (Phi) is 8.90. The van der Waals surface area contributed by atoms with Gasteiger partial charge < -0.3 is 18.9 Å². The molecule has 0 aromatic carbocycles. The zero-order chi connectivity index (χ0) is 29.1. The number of ketones is 3. The molecule has 4 aliphatic carbocycles. The van der Waals surface area contributed by atoms with Crippen molar-refractivity contribution in [3.05, 3.63) is 23.8 Å². The largest absolute Gasteiger partial charge is 0.509 e. The average molecular weight is 559 g/mol. The van der Waals surface area contributed by atoms with Crippen LogP contribution < -0.4 is 0 Å². The van der Waals surface area contributed by atoms with Crippen molar-refractivity contribution < 1.29 is 42.9 Å². The van der Waals surface area contributed by atoms with Gasteiger partial charge in [-0.25, -0.2) is 9.59 Å². The van der Waals surface area contributed by atoms with Crippen LogP contribution >= 0.6 is 0 Å². The highest BCUT2D eigenvalue weighted by Crippen LogP contribution is 2.67. The van der Waals surface area contributed by atoms with Gasteiger partial charge in [-0.15, -0.1) is 0 Å². The first kappa shape index (κ1) is 30.0. The van der Waals surface area contributed by atoms with Gasteiger partial charge in [-0.05, 0) is 62.5 Å². The maximum Gasteiger partial charge on any atom is 0.509 e. The molecule has 9 heteroatoms. The van der Waals surface area contributed by atoms with Crippen LogP contribution in [0.4, 0.5) is 9.59 Å². The molecular formula is C31H42O9. The Labute approximate surface area is 236 Å². The Hall–Kier alpha value is -2.97. The van der Waals surface area contributed by atoms with Crippen molar-refractivity contribution in [1.29, 1.82) is 0 Å². The number of hydrogen-bond donors (Lipinski definition) is 0. The number of carbonyl (C=O) groups excluding carboxylic acids is 5. The molecule has 0 heterocycles. The first-order valence-corrected chi connectivity index (χ1v) is 14.7. The summed E-state index contributed by atoms with van der Waals surface area (Å²) < 4.78 is 21.3. The number of hydrogen-bond acceptors (Lipinski definition) is 9. The van der Waals surface area contributed by atoms with Gasteiger partial charge in [0.2, 0.25) is 5.78 Å². The molecule has 9 nitrogen and oxygen atoms in total. The maximum absolute atomic E-state index is 14.0. The van der Waals surface area contributed by atoms with Gasteiger partial charge in [-0.1, -0.05) is 52.2 Å². The van der Waals surface area contributed by atoms with E-state index in [2.05, 4.69) is 0 Å². The number of unbranched alkanes of at least 4 members (excludes halogenated alkanes) is 2. The summed E-state index contributed by atoms with van der Waals surface area (Å²) in [5.41, 5.74) is -2.27. The fourth-order valence-corrected chi connectivity index (χ4v) is 7.85. The summed E-state index contributed by atoms with van der Waals surface area (Å²) in [6, 6.07) is 0. The monoisotopic (exact) mass is 558 g/mol. The Morgan fingerprint density at radius 2 is 1.70 bits per heavy atom. The Morgan fingerprint density at radius 3 is 2.42 bits per heavy atom. The molecule has 0 saturated heterocycles. The molecule has 0 spiro atoms. The minimum atomic E-state index is -1.68. The quantitative estimate of drug-likeness (QED) is 0.246. The Balaban J connectivity index is 1.62. The summed E-state index contributed by atoms with van der Waals surface area (Å²) in [6.45, 7) is 7.44. The second-order valence-corrected chi connectivity index (χ2v) is 12.1. The molecule has 0 amide bonds. The van der Waals surface area contributed by atoms with Crippen LogP contribution in [0.1, 0.15) is 85.5 Å². The number of allylic oxidation sites excluding steroid dienone is 4. The predicted molar refractivity (Wildman–Crippen MR) is 144 cm³/mol. The van der Waals surface area contributed by atoms with Crippen LogP contribution in [0, 0.1) is 28.6 Å². The molecule has 0 aromatic rings. The van der Waals surface area contributed by atoms with Crippen LogP contribution in [0.15, 0.2) is 23.8 Å². The highest BCUT2D eigenvalue weighted by molar-refractivity contribution is 6.02. The fourth-order valence-electron chi connectivity index (χ4n) is 7.85. The molecule has 0 bridgehead atoms. The first-order chi connectivity index (χ1) is 19.0. The van der Waals surface area contributed by atoms with Crippen molar-refractivity contribution in [1.82, 2.24) is 0 Å². The number of ether oxygens (including phenoxy) is 4. The van der Waals surface area contributed by atoms with E-state index in [1.54, 1.807) is 12.2 Å². The van der Waals surface area contributed by atoms with Crippen molar-refractivity contribution in [2.45, 2.75) is 91.1 Å². The van der Waals surface area contributed by atoms with E-state index in [-0.39, 0.29) is 55.4 Å². The summed E-state index contributed by atoms with van der Waals surface area (Å²) in [5, 5.41) is 0. The van der Waals surface area contributed by atoms with Gasteiger partial charge in [0.1, 0.15) is 5.78 Å². The lowest BCUT2D eigenvalue weighted by Crippen LogP contribution is -2.62. The number of rotatable bonds is 10. The molecule has 0 aliphatic heterocycles. The summed E-state index contributed by atoms with van der Waals surface area (Å²) in [5.74, 6) is -1.13. The van der Waals surface area contributed by atoms with Crippen LogP contribution in [0.3, 0.4) is 0 Å². The summed E-state index contributed by atoms with van der Waals surface area (Å²) in [7, 11) is 0. The molecule has 40 heavy (non-hydrogen) atoms. The molecule has 6 atom stereocenters. The number of carbonyl (C=O) groups is 5. The zero-order valence-electron chi connectivity index (χ0n) is 24.1. The first-order valence-electron chi connectivity index (χ1n) is 14.7. The molecule has 0 N–H and O–H groups in total. The SMILES string of the molecule is CCCCCOC(=O)O[C@]1(C(=O)COC(=O)OCCC)CC[C@H]2[C@@H]3CCC4=CC(=O)C=C[C@]4(C)[C@H]3C(=O)C[C@@]21C. The topological polar surface area (TPSA) is 122 Å². The third kappa shape index (κ3) is 5.23. The Bertz CT molecular complexity index is 1110. The fraction of sp³-hybridized carbons (Fsp3) is 0.710. The molecule has 220 valence electrons. The van der Waals surface area contributed by atoms with Crippen molar-refractivity contribution in [3.8, 4) is 0 Å². The number of Topliss-reactive ketones (excluding diaryl/α,β-unsaturated/α-hetero) is 2. The van der Waals surface area contributed by atoms with Gasteiger partial charge in [0.25, 0.3) is 0 Å². The molecule has 4 rings (SSSR count). The molecule has 0 radical (unpaired) electrons. The van der Waals surface area contributed by atoms with Crippen molar-refractivity contribution in [3.63, 3.8) is 0 Å². The van der Waals surface area contributed by atoms with Gasteiger partial charge in [-0.2, -0.15) is 0 Å². The molecule has 3 fully saturated rings. The van der Waals surface area contributed by atoms with E-state index in [0.29, 0.717) is 32.1 Å². The van der Waals surface area contributed by atoms with Gasteiger partial charge >= 0.3 is 12.3 Å². The van der Waals surface area contributed by atoms with Gasteiger partial charge in [0.05, 0.1) is 13.2 Å². The summed E-state index contributed by atoms with van der Waals surface area (Å²) in [6.07, 6.45) is 8.44. The third-order valence-corrected chi connectivity index (χ3v) is 9.80. The summed E-state index contributed by atoms with van der Waals surface area (Å²) in [4.78, 5) is 64.9. The second kappa shape index (κ2) is 11.9. The van der Waals surface area contributed by atoms with Crippen LogP contribution in [0.25, 0.3) is 0 Å².